The molecule has 112 valence electrons. The Morgan fingerprint density at radius 1 is 1.00 bits per heavy atom. The molecular weight excluding hydrogens is 232 g/mol. The maximum absolute atomic E-state index is 3.52. The van der Waals surface area contributed by atoms with Gasteiger partial charge in [-0.1, -0.05) is 33.1 Å². The Kier molecular flexibility index (Phi) is 6.66. The van der Waals surface area contributed by atoms with Crippen molar-refractivity contribution in [1.29, 1.82) is 0 Å². The smallest absolute Gasteiger partial charge is 0.0123 e. The van der Waals surface area contributed by atoms with Crippen LogP contribution in [0.15, 0.2) is 0 Å². The van der Waals surface area contributed by atoms with Gasteiger partial charge >= 0.3 is 0 Å². The van der Waals surface area contributed by atoms with Gasteiger partial charge in [-0.3, -0.25) is 0 Å². The highest BCUT2D eigenvalue weighted by Crippen LogP contribution is 2.35. The first-order chi connectivity index (χ1) is 9.27. The van der Waals surface area contributed by atoms with E-state index in [1.807, 2.05) is 0 Å². The first kappa shape index (κ1) is 15.3. The predicted molar refractivity (Wildman–Crippen MR) is 83.5 cm³/mol. The third-order valence-electron chi connectivity index (χ3n) is 5.03. The zero-order valence-corrected chi connectivity index (χ0v) is 13.2. The highest BCUT2D eigenvalue weighted by Gasteiger charge is 2.32. The highest BCUT2D eigenvalue weighted by atomic mass is 15.2. The van der Waals surface area contributed by atoms with Crippen molar-refractivity contribution in [2.75, 3.05) is 19.6 Å². The number of hydrogen-bond donors (Lipinski definition) is 1. The average Bonchev–Trinajstić information content (AvgIpc) is 2.42. The van der Waals surface area contributed by atoms with Gasteiger partial charge in [-0.25, -0.2) is 0 Å². The van der Waals surface area contributed by atoms with E-state index in [2.05, 4.69) is 24.1 Å². The van der Waals surface area contributed by atoms with Gasteiger partial charge in [0.1, 0.15) is 0 Å². The second kappa shape index (κ2) is 8.26. The molecule has 0 bridgehead atoms. The van der Waals surface area contributed by atoms with Crippen LogP contribution in [0.4, 0.5) is 0 Å². The van der Waals surface area contributed by atoms with Crippen molar-refractivity contribution in [2.24, 2.45) is 5.92 Å². The van der Waals surface area contributed by atoms with Crippen LogP contribution in [-0.2, 0) is 0 Å². The maximum atomic E-state index is 3.52. The van der Waals surface area contributed by atoms with Gasteiger partial charge in [0.15, 0.2) is 0 Å². The number of likely N-dealkylation sites (tertiary alicyclic amines) is 1. The molecule has 2 fully saturated rings. The first-order valence-electron chi connectivity index (χ1n) is 8.75. The van der Waals surface area contributed by atoms with Gasteiger partial charge in [0.05, 0.1) is 0 Å². The van der Waals surface area contributed by atoms with Crippen LogP contribution in [0.25, 0.3) is 0 Å². The lowest BCUT2D eigenvalue weighted by Gasteiger charge is -2.44. The molecular formula is C17H34N2. The third kappa shape index (κ3) is 5.07. The van der Waals surface area contributed by atoms with Crippen LogP contribution in [-0.4, -0.2) is 36.6 Å². The highest BCUT2D eigenvalue weighted by molar-refractivity contribution is 4.87. The second-order valence-corrected chi connectivity index (χ2v) is 6.96. The molecule has 2 rings (SSSR count). The van der Waals surface area contributed by atoms with Crippen molar-refractivity contribution in [3.63, 3.8) is 0 Å². The predicted octanol–water partition coefficient (Wildman–Crippen LogP) is 3.81. The summed E-state index contributed by atoms with van der Waals surface area (Å²) in [5.74, 6) is 1.05. The van der Waals surface area contributed by atoms with E-state index in [1.54, 1.807) is 0 Å². The molecule has 19 heavy (non-hydrogen) atoms. The summed E-state index contributed by atoms with van der Waals surface area (Å²) in [5.41, 5.74) is 0. The molecule has 0 radical (unpaired) electrons. The Hall–Kier alpha value is -0.0800. The van der Waals surface area contributed by atoms with Crippen LogP contribution < -0.4 is 5.32 Å². The summed E-state index contributed by atoms with van der Waals surface area (Å²) in [6, 6.07) is 1.60. The van der Waals surface area contributed by atoms with Crippen LogP contribution in [0.5, 0.6) is 0 Å². The lowest BCUT2D eigenvalue weighted by atomic mass is 9.78. The van der Waals surface area contributed by atoms with E-state index in [4.69, 9.17) is 0 Å². The van der Waals surface area contributed by atoms with Crippen LogP contribution in [0.2, 0.25) is 0 Å². The molecule has 2 nitrogen and oxygen atoms in total. The van der Waals surface area contributed by atoms with Crippen molar-refractivity contribution >= 4 is 0 Å². The van der Waals surface area contributed by atoms with Gasteiger partial charge in [-0.2, -0.15) is 0 Å². The summed E-state index contributed by atoms with van der Waals surface area (Å²) in [5, 5.41) is 3.52. The topological polar surface area (TPSA) is 15.3 Å². The molecule has 1 saturated carbocycles. The van der Waals surface area contributed by atoms with E-state index in [0.29, 0.717) is 6.04 Å². The molecule has 0 spiro atoms. The summed E-state index contributed by atoms with van der Waals surface area (Å²) < 4.78 is 0. The van der Waals surface area contributed by atoms with Crippen LogP contribution in [0.1, 0.15) is 71.6 Å². The van der Waals surface area contributed by atoms with E-state index in [9.17, 15) is 0 Å². The lowest BCUT2D eigenvalue weighted by molar-refractivity contribution is 0.0595. The summed E-state index contributed by atoms with van der Waals surface area (Å²) >= 11 is 0. The molecule has 0 amide bonds. The standard InChI is InChI=1S/C17H34N2/c1-15(2)18-12-6-3-7-13-19-14-8-10-16-9-4-5-11-17(16)19/h15-18H,3-14H2,1-2H3/t16-,17-/m1/s1. The van der Waals surface area contributed by atoms with Gasteiger partial charge in [-0.15, -0.1) is 0 Å². The molecule has 1 saturated heterocycles. The number of nitrogens with zero attached hydrogens (tertiary/aromatic N) is 1. The molecule has 0 unspecified atom stereocenters. The normalized spacial score (nSPS) is 28.6. The molecule has 1 heterocycles. The summed E-state index contributed by atoms with van der Waals surface area (Å²) in [6.07, 6.45) is 13.1. The Morgan fingerprint density at radius 2 is 1.79 bits per heavy atom. The van der Waals surface area contributed by atoms with E-state index in [0.717, 1.165) is 12.0 Å². The van der Waals surface area contributed by atoms with E-state index >= 15 is 0 Å². The lowest BCUT2D eigenvalue weighted by Crippen LogP contribution is -2.47. The number of fused-ring (bicyclic) bond motifs is 1. The summed E-state index contributed by atoms with van der Waals surface area (Å²) in [7, 11) is 0. The van der Waals surface area contributed by atoms with Crippen LogP contribution >= 0.6 is 0 Å². The van der Waals surface area contributed by atoms with Crippen molar-refractivity contribution in [1.82, 2.24) is 10.2 Å². The quantitative estimate of drug-likeness (QED) is 0.705. The van der Waals surface area contributed by atoms with Crippen molar-refractivity contribution in [3.05, 3.63) is 0 Å². The number of rotatable bonds is 7. The third-order valence-corrected chi connectivity index (χ3v) is 5.03. The Labute approximate surface area is 120 Å². The molecule has 1 N–H and O–H groups in total. The van der Waals surface area contributed by atoms with E-state index < -0.39 is 0 Å². The van der Waals surface area contributed by atoms with Crippen LogP contribution in [0.3, 0.4) is 0 Å². The molecule has 2 atom stereocenters. The molecule has 2 heteroatoms. The fraction of sp³-hybridized carbons (Fsp3) is 1.00. The molecule has 1 aliphatic heterocycles. The van der Waals surface area contributed by atoms with Gasteiger partial charge < -0.3 is 10.2 Å². The molecule has 0 aromatic carbocycles. The van der Waals surface area contributed by atoms with E-state index in [-0.39, 0.29) is 0 Å². The molecule has 1 aliphatic carbocycles. The van der Waals surface area contributed by atoms with Crippen molar-refractivity contribution < 1.29 is 0 Å². The Bertz CT molecular complexity index is 237. The minimum absolute atomic E-state index is 0.644. The number of hydrogen-bond acceptors (Lipinski definition) is 2. The minimum Gasteiger partial charge on any atom is -0.315 e. The summed E-state index contributed by atoms with van der Waals surface area (Å²) in [4.78, 5) is 2.84. The minimum atomic E-state index is 0.644. The average molecular weight is 266 g/mol. The molecule has 2 aliphatic rings. The maximum Gasteiger partial charge on any atom is 0.0123 e. The zero-order valence-electron chi connectivity index (χ0n) is 13.2. The SMILES string of the molecule is CC(C)NCCCCCN1CCC[C@H]2CCCC[C@H]21. The number of unbranched alkanes of at least 4 members (excludes halogenated alkanes) is 2. The molecule has 0 aromatic heterocycles. The summed E-state index contributed by atoms with van der Waals surface area (Å²) in [6.45, 7) is 8.41. The van der Waals surface area contributed by atoms with Gasteiger partial charge in [0, 0.05) is 12.1 Å². The Balaban J connectivity index is 1.59. The first-order valence-corrected chi connectivity index (χ1v) is 8.75. The second-order valence-electron chi connectivity index (χ2n) is 6.96. The van der Waals surface area contributed by atoms with Gasteiger partial charge in [0.2, 0.25) is 0 Å². The largest absolute Gasteiger partial charge is 0.315 e. The Morgan fingerprint density at radius 3 is 2.63 bits per heavy atom. The zero-order chi connectivity index (χ0) is 13.5. The van der Waals surface area contributed by atoms with Crippen molar-refractivity contribution in [3.8, 4) is 0 Å². The number of nitrogens with one attached hydrogen (secondary N) is 1. The van der Waals surface area contributed by atoms with Gasteiger partial charge in [-0.05, 0) is 64.1 Å². The number of piperidine rings is 1. The van der Waals surface area contributed by atoms with Crippen molar-refractivity contribution in [2.45, 2.75) is 83.7 Å². The fourth-order valence-electron chi connectivity index (χ4n) is 4.01. The molecule has 0 aromatic rings. The monoisotopic (exact) mass is 266 g/mol. The van der Waals surface area contributed by atoms with Crippen LogP contribution in [0, 0.1) is 5.92 Å². The fourth-order valence-corrected chi connectivity index (χ4v) is 4.01. The van der Waals surface area contributed by atoms with Gasteiger partial charge in [0.25, 0.3) is 0 Å². The van der Waals surface area contributed by atoms with E-state index in [1.165, 1.54) is 77.4 Å².